The molecule has 1 amide bonds. The molecule has 1 aliphatic heterocycles. The quantitative estimate of drug-likeness (QED) is 0.893. The Balaban J connectivity index is 2.17. The molecule has 1 aliphatic rings. The summed E-state index contributed by atoms with van der Waals surface area (Å²) >= 11 is 0. The van der Waals surface area contributed by atoms with Crippen molar-refractivity contribution in [3.63, 3.8) is 0 Å². The first-order valence-corrected chi connectivity index (χ1v) is 7.95. The number of hydrogen-bond acceptors (Lipinski definition) is 4. The fourth-order valence-electron chi connectivity index (χ4n) is 2.02. The molecule has 0 aromatic heterocycles. The van der Waals surface area contributed by atoms with Gasteiger partial charge in [-0.25, -0.2) is 13.2 Å². The largest absolute Gasteiger partial charge is 0.447 e. The molecule has 0 radical (unpaired) electrons. The molecule has 1 heterocycles. The van der Waals surface area contributed by atoms with Crippen LogP contribution in [0.3, 0.4) is 0 Å². The molecule has 110 valence electrons. The Hall–Kier alpha value is -1.60. The Morgan fingerprint density at radius 1 is 1.35 bits per heavy atom. The topological polar surface area (TPSA) is 75.7 Å². The van der Waals surface area contributed by atoms with Crippen LogP contribution in [-0.4, -0.2) is 38.7 Å². The van der Waals surface area contributed by atoms with E-state index in [-0.39, 0.29) is 4.90 Å². The number of carbonyl (C=O) groups is 1. The fourth-order valence-corrected chi connectivity index (χ4v) is 3.30. The summed E-state index contributed by atoms with van der Waals surface area (Å²) < 4.78 is 32.0. The minimum Gasteiger partial charge on any atom is -0.447 e. The fraction of sp³-hybridized carbons (Fsp3) is 0.462. The van der Waals surface area contributed by atoms with Crippen LogP contribution in [0.5, 0.6) is 0 Å². The van der Waals surface area contributed by atoms with Crippen LogP contribution in [0, 0.1) is 6.92 Å². The molecule has 1 aromatic rings. The van der Waals surface area contributed by atoms with E-state index >= 15 is 0 Å². The van der Waals surface area contributed by atoms with Crippen LogP contribution in [-0.2, 0) is 14.8 Å². The summed E-state index contributed by atoms with van der Waals surface area (Å²) in [6.07, 6.45) is -0.597. The molecule has 20 heavy (non-hydrogen) atoms. The van der Waals surface area contributed by atoms with Crippen molar-refractivity contribution in [1.82, 2.24) is 9.62 Å². The molecule has 0 spiro atoms. The van der Waals surface area contributed by atoms with Crippen molar-refractivity contribution in [2.45, 2.75) is 31.3 Å². The summed E-state index contributed by atoms with van der Waals surface area (Å²) in [5.41, 5.74) is 0.985. The number of amides is 1. The van der Waals surface area contributed by atoms with Gasteiger partial charge in [0.25, 0.3) is 0 Å². The van der Waals surface area contributed by atoms with Gasteiger partial charge in [-0.05, 0) is 25.5 Å². The van der Waals surface area contributed by atoms with Crippen LogP contribution in [0.1, 0.15) is 18.9 Å². The maximum Gasteiger partial charge on any atom is 0.411 e. The number of aryl methyl sites for hydroxylation is 1. The van der Waals surface area contributed by atoms with Crippen molar-refractivity contribution in [3.05, 3.63) is 29.8 Å². The second-order valence-electron chi connectivity index (χ2n) is 4.67. The summed E-state index contributed by atoms with van der Waals surface area (Å²) in [6, 6.07) is 6.57. The Labute approximate surface area is 118 Å². The maximum absolute atomic E-state index is 12.3. The SMILES string of the molecule is CCC(NS(=O)(=O)c1ccc(C)cc1)N1CCOC1=O. The van der Waals surface area contributed by atoms with E-state index in [1.165, 1.54) is 4.90 Å². The molecule has 2 rings (SSSR count). The number of carbonyl (C=O) groups excluding carboxylic acids is 1. The molecule has 1 fully saturated rings. The summed E-state index contributed by atoms with van der Waals surface area (Å²) in [6.45, 7) is 4.39. The van der Waals surface area contributed by atoms with Gasteiger partial charge in [0.2, 0.25) is 10.0 Å². The van der Waals surface area contributed by atoms with Crippen LogP contribution < -0.4 is 4.72 Å². The highest BCUT2D eigenvalue weighted by molar-refractivity contribution is 7.89. The first-order valence-electron chi connectivity index (χ1n) is 6.46. The highest BCUT2D eigenvalue weighted by Gasteiger charge is 2.31. The Bertz CT molecular complexity index is 583. The summed E-state index contributed by atoms with van der Waals surface area (Å²) in [5, 5.41) is 0. The molecule has 1 atom stereocenters. The monoisotopic (exact) mass is 298 g/mol. The van der Waals surface area contributed by atoms with E-state index in [0.29, 0.717) is 19.6 Å². The zero-order valence-electron chi connectivity index (χ0n) is 11.5. The second kappa shape index (κ2) is 5.80. The van der Waals surface area contributed by atoms with Crippen molar-refractivity contribution in [2.75, 3.05) is 13.2 Å². The number of benzene rings is 1. The van der Waals surface area contributed by atoms with Gasteiger partial charge in [0.15, 0.2) is 0 Å². The maximum atomic E-state index is 12.3. The number of ether oxygens (including phenoxy) is 1. The lowest BCUT2D eigenvalue weighted by atomic mass is 10.2. The predicted molar refractivity (Wildman–Crippen MR) is 73.6 cm³/mol. The molecule has 1 saturated heterocycles. The van der Waals surface area contributed by atoms with Gasteiger partial charge in [0.05, 0.1) is 17.6 Å². The smallest absolute Gasteiger partial charge is 0.411 e. The molecule has 0 bridgehead atoms. The first kappa shape index (κ1) is 14.8. The van der Waals surface area contributed by atoms with Crippen LogP contribution >= 0.6 is 0 Å². The Kier molecular flexibility index (Phi) is 4.29. The predicted octanol–water partition coefficient (Wildman–Crippen LogP) is 1.46. The van der Waals surface area contributed by atoms with Gasteiger partial charge >= 0.3 is 6.09 Å². The minimum absolute atomic E-state index is 0.189. The number of rotatable bonds is 5. The number of nitrogens with zero attached hydrogens (tertiary/aromatic N) is 1. The van der Waals surface area contributed by atoms with Gasteiger partial charge in [0, 0.05) is 0 Å². The average Bonchev–Trinajstić information content (AvgIpc) is 2.83. The lowest BCUT2D eigenvalue weighted by Crippen LogP contribution is -2.48. The van der Waals surface area contributed by atoms with Gasteiger partial charge in [-0.1, -0.05) is 24.6 Å². The normalized spacial score (nSPS) is 17.1. The zero-order valence-corrected chi connectivity index (χ0v) is 12.3. The van der Waals surface area contributed by atoms with Gasteiger partial charge in [-0.3, -0.25) is 4.90 Å². The van der Waals surface area contributed by atoms with Crippen LogP contribution in [0.15, 0.2) is 29.2 Å². The summed E-state index contributed by atoms with van der Waals surface area (Å²) in [5.74, 6) is 0. The van der Waals surface area contributed by atoms with Gasteiger partial charge < -0.3 is 4.74 Å². The molecular weight excluding hydrogens is 280 g/mol. The van der Waals surface area contributed by atoms with E-state index in [1.54, 1.807) is 24.3 Å². The van der Waals surface area contributed by atoms with Gasteiger partial charge in [-0.15, -0.1) is 0 Å². The van der Waals surface area contributed by atoms with Gasteiger partial charge in [-0.2, -0.15) is 4.72 Å². The molecule has 1 N–H and O–H groups in total. The number of nitrogens with one attached hydrogen (secondary N) is 1. The van der Waals surface area contributed by atoms with E-state index in [0.717, 1.165) is 5.56 Å². The van der Waals surface area contributed by atoms with Gasteiger partial charge in [0.1, 0.15) is 6.61 Å². The second-order valence-corrected chi connectivity index (χ2v) is 6.38. The van der Waals surface area contributed by atoms with Crippen LogP contribution in [0.25, 0.3) is 0 Å². The van der Waals surface area contributed by atoms with Crippen molar-refractivity contribution >= 4 is 16.1 Å². The van der Waals surface area contributed by atoms with Crippen molar-refractivity contribution < 1.29 is 17.9 Å². The lowest BCUT2D eigenvalue weighted by molar-refractivity contribution is 0.145. The highest BCUT2D eigenvalue weighted by atomic mass is 32.2. The van der Waals surface area contributed by atoms with E-state index in [2.05, 4.69) is 4.72 Å². The van der Waals surface area contributed by atoms with Crippen LogP contribution in [0.4, 0.5) is 4.79 Å². The summed E-state index contributed by atoms with van der Waals surface area (Å²) in [7, 11) is -3.65. The Morgan fingerprint density at radius 2 is 2.00 bits per heavy atom. The highest BCUT2D eigenvalue weighted by Crippen LogP contribution is 2.15. The van der Waals surface area contributed by atoms with E-state index < -0.39 is 22.3 Å². The molecule has 6 nitrogen and oxygen atoms in total. The number of hydrogen-bond donors (Lipinski definition) is 1. The third kappa shape index (κ3) is 3.10. The molecular formula is C13H18N2O4S. The average molecular weight is 298 g/mol. The lowest BCUT2D eigenvalue weighted by Gasteiger charge is -2.25. The molecule has 1 aromatic carbocycles. The number of sulfonamides is 1. The van der Waals surface area contributed by atoms with Crippen molar-refractivity contribution in [1.29, 1.82) is 0 Å². The molecule has 1 unspecified atom stereocenters. The van der Waals surface area contributed by atoms with E-state index in [1.807, 2.05) is 13.8 Å². The standard InChI is InChI=1S/C13H18N2O4S/c1-3-12(15-8-9-19-13(15)16)14-20(17,18)11-6-4-10(2)5-7-11/h4-7,12,14H,3,8-9H2,1-2H3. The third-order valence-electron chi connectivity index (χ3n) is 3.18. The minimum atomic E-state index is -3.65. The third-order valence-corrected chi connectivity index (χ3v) is 4.65. The van der Waals surface area contributed by atoms with Crippen molar-refractivity contribution in [2.24, 2.45) is 0 Å². The molecule has 0 saturated carbocycles. The molecule has 0 aliphatic carbocycles. The van der Waals surface area contributed by atoms with Crippen molar-refractivity contribution in [3.8, 4) is 0 Å². The zero-order chi connectivity index (χ0) is 14.8. The Morgan fingerprint density at radius 3 is 2.50 bits per heavy atom. The van der Waals surface area contributed by atoms with E-state index in [9.17, 15) is 13.2 Å². The van der Waals surface area contributed by atoms with Crippen LogP contribution in [0.2, 0.25) is 0 Å². The summed E-state index contributed by atoms with van der Waals surface area (Å²) in [4.78, 5) is 13.1. The number of cyclic esters (lactones) is 1. The first-order chi connectivity index (χ1) is 9.44. The van der Waals surface area contributed by atoms with E-state index in [4.69, 9.17) is 4.74 Å². The molecule has 7 heteroatoms.